The van der Waals surface area contributed by atoms with Gasteiger partial charge < -0.3 is 10.2 Å². The SMILES string of the molecule is Cc1ccc(Nc2nc(N3CCC(C)CC3)nc3ccccc23)cc1. The van der Waals surface area contributed by atoms with Gasteiger partial charge >= 0.3 is 0 Å². The van der Waals surface area contributed by atoms with Crippen molar-refractivity contribution >= 4 is 28.4 Å². The second-order valence-electron chi connectivity index (χ2n) is 7.05. The standard InChI is InChI=1S/C21H24N4/c1-15-7-9-17(10-8-15)22-20-18-5-3-4-6-19(18)23-21(24-20)25-13-11-16(2)12-14-25/h3-10,16H,11-14H2,1-2H3,(H,22,23,24). The number of hydrogen-bond donors (Lipinski definition) is 1. The smallest absolute Gasteiger partial charge is 0.227 e. The molecule has 2 heterocycles. The van der Waals surface area contributed by atoms with E-state index in [2.05, 4.69) is 60.5 Å². The van der Waals surface area contributed by atoms with Crippen molar-refractivity contribution in [3.8, 4) is 0 Å². The van der Waals surface area contributed by atoms with E-state index in [0.717, 1.165) is 47.4 Å². The van der Waals surface area contributed by atoms with Gasteiger partial charge in [-0.1, -0.05) is 36.8 Å². The molecule has 1 aliphatic rings. The van der Waals surface area contributed by atoms with E-state index in [9.17, 15) is 0 Å². The molecule has 4 nitrogen and oxygen atoms in total. The lowest BCUT2D eigenvalue weighted by Gasteiger charge is -2.30. The molecule has 0 spiro atoms. The highest BCUT2D eigenvalue weighted by Gasteiger charge is 2.19. The molecule has 128 valence electrons. The number of piperidine rings is 1. The summed E-state index contributed by atoms with van der Waals surface area (Å²) in [7, 11) is 0. The summed E-state index contributed by atoms with van der Waals surface area (Å²) < 4.78 is 0. The van der Waals surface area contributed by atoms with Gasteiger partial charge in [0, 0.05) is 24.2 Å². The van der Waals surface area contributed by atoms with Crippen LogP contribution in [0.3, 0.4) is 0 Å². The Labute approximate surface area is 148 Å². The first-order valence-electron chi connectivity index (χ1n) is 9.04. The zero-order valence-electron chi connectivity index (χ0n) is 14.9. The Hall–Kier alpha value is -2.62. The number of benzene rings is 2. The Balaban J connectivity index is 1.72. The van der Waals surface area contributed by atoms with Crippen LogP contribution in [0.2, 0.25) is 0 Å². The minimum atomic E-state index is 0.793. The molecule has 1 aliphatic heterocycles. The van der Waals surface area contributed by atoms with Crippen LogP contribution in [0.25, 0.3) is 10.9 Å². The molecule has 1 fully saturated rings. The Morgan fingerprint density at radius 3 is 2.44 bits per heavy atom. The fraction of sp³-hybridized carbons (Fsp3) is 0.333. The average Bonchev–Trinajstić information content (AvgIpc) is 2.64. The highest BCUT2D eigenvalue weighted by Crippen LogP contribution is 2.28. The molecule has 1 N–H and O–H groups in total. The van der Waals surface area contributed by atoms with Gasteiger partial charge in [-0.15, -0.1) is 0 Å². The van der Waals surface area contributed by atoms with E-state index in [0.29, 0.717) is 0 Å². The maximum absolute atomic E-state index is 4.87. The van der Waals surface area contributed by atoms with Crippen LogP contribution in [0.15, 0.2) is 48.5 Å². The number of fused-ring (bicyclic) bond motifs is 1. The molecular formula is C21H24N4. The number of aromatic nitrogens is 2. The van der Waals surface area contributed by atoms with Crippen LogP contribution in [0.1, 0.15) is 25.3 Å². The highest BCUT2D eigenvalue weighted by atomic mass is 15.3. The predicted octanol–water partition coefficient (Wildman–Crippen LogP) is 4.92. The molecule has 1 saturated heterocycles. The van der Waals surface area contributed by atoms with Crippen LogP contribution in [0.5, 0.6) is 0 Å². The van der Waals surface area contributed by atoms with Crippen LogP contribution < -0.4 is 10.2 Å². The summed E-state index contributed by atoms with van der Waals surface area (Å²) in [6, 6.07) is 16.6. The second kappa shape index (κ2) is 6.71. The average molecular weight is 332 g/mol. The number of nitrogens with one attached hydrogen (secondary N) is 1. The van der Waals surface area contributed by atoms with Gasteiger partial charge in [-0.25, -0.2) is 4.98 Å². The predicted molar refractivity (Wildman–Crippen MR) is 105 cm³/mol. The monoisotopic (exact) mass is 332 g/mol. The largest absolute Gasteiger partial charge is 0.341 e. The molecule has 25 heavy (non-hydrogen) atoms. The third-order valence-electron chi connectivity index (χ3n) is 4.97. The molecule has 3 aromatic rings. The highest BCUT2D eigenvalue weighted by molar-refractivity contribution is 5.91. The lowest BCUT2D eigenvalue weighted by atomic mass is 10.00. The van der Waals surface area contributed by atoms with Gasteiger partial charge in [0.1, 0.15) is 5.82 Å². The molecule has 0 saturated carbocycles. The minimum Gasteiger partial charge on any atom is -0.341 e. The van der Waals surface area contributed by atoms with Gasteiger partial charge in [0.05, 0.1) is 5.52 Å². The van der Waals surface area contributed by atoms with E-state index in [-0.39, 0.29) is 0 Å². The topological polar surface area (TPSA) is 41.1 Å². The van der Waals surface area contributed by atoms with Crippen molar-refractivity contribution in [2.24, 2.45) is 5.92 Å². The zero-order chi connectivity index (χ0) is 17.2. The summed E-state index contributed by atoms with van der Waals surface area (Å²) in [6.07, 6.45) is 2.41. The first-order valence-corrected chi connectivity index (χ1v) is 9.04. The number of aryl methyl sites for hydroxylation is 1. The molecule has 4 rings (SSSR count). The number of para-hydroxylation sites is 1. The van der Waals surface area contributed by atoms with E-state index in [1.54, 1.807) is 0 Å². The van der Waals surface area contributed by atoms with Gasteiger partial charge in [0.2, 0.25) is 5.95 Å². The fourth-order valence-electron chi connectivity index (χ4n) is 3.28. The van der Waals surface area contributed by atoms with Crippen molar-refractivity contribution in [3.63, 3.8) is 0 Å². The number of hydrogen-bond acceptors (Lipinski definition) is 4. The fourth-order valence-corrected chi connectivity index (χ4v) is 3.28. The van der Waals surface area contributed by atoms with E-state index in [1.165, 1.54) is 18.4 Å². The molecule has 0 radical (unpaired) electrons. The van der Waals surface area contributed by atoms with E-state index < -0.39 is 0 Å². The Bertz CT molecular complexity index is 865. The van der Waals surface area contributed by atoms with Crippen LogP contribution in [0.4, 0.5) is 17.5 Å². The molecule has 0 aliphatic carbocycles. The molecule has 0 atom stereocenters. The number of nitrogens with zero attached hydrogens (tertiary/aromatic N) is 3. The third-order valence-corrected chi connectivity index (χ3v) is 4.97. The molecule has 1 aromatic heterocycles. The Morgan fingerprint density at radius 2 is 1.68 bits per heavy atom. The maximum Gasteiger partial charge on any atom is 0.227 e. The maximum atomic E-state index is 4.87. The van der Waals surface area contributed by atoms with Gasteiger partial charge in [-0.2, -0.15) is 4.98 Å². The summed E-state index contributed by atoms with van der Waals surface area (Å²) in [6.45, 7) is 6.48. The molecule has 2 aromatic carbocycles. The zero-order valence-corrected chi connectivity index (χ0v) is 14.9. The van der Waals surface area contributed by atoms with Crippen molar-refractivity contribution in [2.45, 2.75) is 26.7 Å². The number of anilines is 3. The lowest BCUT2D eigenvalue weighted by Crippen LogP contribution is -2.34. The molecule has 0 unspecified atom stereocenters. The molecular weight excluding hydrogens is 308 g/mol. The quantitative estimate of drug-likeness (QED) is 0.739. The van der Waals surface area contributed by atoms with Crippen LogP contribution in [-0.4, -0.2) is 23.1 Å². The summed E-state index contributed by atoms with van der Waals surface area (Å²) in [4.78, 5) is 12.0. The molecule has 0 amide bonds. The van der Waals surface area contributed by atoms with E-state index in [1.807, 2.05) is 12.1 Å². The minimum absolute atomic E-state index is 0.793. The second-order valence-corrected chi connectivity index (χ2v) is 7.05. The summed E-state index contributed by atoms with van der Waals surface area (Å²) in [5.41, 5.74) is 3.29. The van der Waals surface area contributed by atoms with Gasteiger partial charge in [0.25, 0.3) is 0 Å². The number of rotatable bonds is 3. The van der Waals surface area contributed by atoms with Gasteiger partial charge in [-0.05, 0) is 49.9 Å². The van der Waals surface area contributed by atoms with Crippen molar-refractivity contribution < 1.29 is 0 Å². The van der Waals surface area contributed by atoms with Gasteiger partial charge in [0.15, 0.2) is 0 Å². The van der Waals surface area contributed by atoms with Crippen LogP contribution >= 0.6 is 0 Å². The summed E-state index contributed by atoms with van der Waals surface area (Å²) in [5, 5.41) is 4.54. The normalized spacial score (nSPS) is 15.5. The Kier molecular flexibility index (Phi) is 4.26. The van der Waals surface area contributed by atoms with Crippen LogP contribution in [-0.2, 0) is 0 Å². The van der Waals surface area contributed by atoms with Crippen molar-refractivity contribution in [1.82, 2.24) is 9.97 Å². The summed E-state index contributed by atoms with van der Waals surface area (Å²) >= 11 is 0. The lowest BCUT2D eigenvalue weighted by molar-refractivity contribution is 0.435. The van der Waals surface area contributed by atoms with E-state index in [4.69, 9.17) is 9.97 Å². The van der Waals surface area contributed by atoms with Crippen molar-refractivity contribution in [2.75, 3.05) is 23.3 Å². The third kappa shape index (κ3) is 3.43. The van der Waals surface area contributed by atoms with Crippen molar-refractivity contribution in [1.29, 1.82) is 0 Å². The first-order chi connectivity index (χ1) is 12.2. The molecule has 0 bridgehead atoms. The van der Waals surface area contributed by atoms with Crippen molar-refractivity contribution in [3.05, 3.63) is 54.1 Å². The van der Waals surface area contributed by atoms with Gasteiger partial charge in [-0.3, -0.25) is 0 Å². The molecule has 4 heteroatoms. The first kappa shape index (κ1) is 15.9. The summed E-state index contributed by atoms with van der Waals surface area (Å²) in [5.74, 6) is 2.50. The van der Waals surface area contributed by atoms with Crippen LogP contribution in [0, 0.1) is 12.8 Å². The Morgan fingerprint density at radius 1 is 0.960 bits per heavy atom. The van der Waals surface area contributed by atoms with E-state index >= 15 is 0 Å².